The number of hydrogen-bond donors (Lipinski definition) is 1. The average Bonchev–Trinajstić information content (AvgIpc) is 2.54. The normalized spacial score (nSPS) is 11.9. The van der Waals surface area contributed by atoms with Crippen LogP contribution in [0.5, 0.6) is 0 Å². The Balaban J connectivity index is 2.34. The number of anilines is 1. The molecular weight excluding hydrogens is 274 g/mol. The van der Waals surface area contributed by atoms with Crippen LogP contribution in [-0.4, -0.2) is 18.6 Å². The van der Waals surface area contributed by atoms with E-state index in [-0.39, 0.29) is 12.0 Å². The first kappa shape index (κ1) is 18.5. The average molecular weight is 305 g/mol. The molecule has 0 saturated carbocycles. The minimum atomic E-state index is -0.238. The summed E-state index contributed by atoms with van der Waals surface area (Å²) in [6.07, 6.45) is 9.62. The first-order chi connectivity index (χ1) is 10.8. The first-order valence-electron chi connectivity index (χ1n) is 8.76. The highest BCUT2D eigenvalue weighted by molar-refractivity contribution is 5.79. The summed E-state index contributed by atoms with van der Waals surface area (Å²) in [5.74, 6) is -0.141. The molecule has 0 fully saturated rings. The van der Waals surface area contributed by atoms with Crippen molar-refractivity contribution in [2.45, 2.75) is 71.3 Å². The van der Waals surface area contributed by atoms with Crippen LogP contribution >= 0.6 is 0 Å². The highest BCUT2D eigenvalue weighted by Gasteiger charge is 2.18. The lowest BCUT2D eigenvalue weighted by atomic mass is 10.0. The Bertz CT molecular complexity index is 392. The standard InChI is InChI=1S/C19H31NO2/c1-3-5-6-7-8-9-13-16-18(19(21)22-4-2)20-17-14-11-10-12-15-17/h10-12,14-15,18,20H,3-9,13,16H2,1-2H3. The summed E-state index contributed by atoms with van der Waals surface area (Å²) >= 11 is 0. The van der Waals surface area contributed by atoms with E-state index in [1.165, 1.54) is 38.5 Å². The molecule has 1 atom stereocenters. The van der Waals surface area contributed by atoms with E-state index in [1.54, 1.807) is 0 Å². The number of carbonyl (C=O) groups is 1. The highest BCUT2D eigenvalue weighted by Crippen LogP contribution is 2.14. The van der Waals surface area contributed by atoms with Crippen LogP contribution in [0.4, 0.5) is 5.69 Å². The molecule has 0 bridgehead atoms. The number of para-hydroxylation sites is 1. The molecule has 0 aliphatic heterocycles. The van der Waals surface area contributed by atoms with Gasteiger partial charge in [0.05, 0.1) is 6.61 Å². The summed E-state index contributed by atoms with van der Waals surface area (Å²) in [4.78, 5) is 12.1. The molecule has 3 heteroatoms. The van der Waals surface area contributed by atoms with Crippen LogP contribution in [0.25, 0.3) is 0 Å². The second kappa shape index (κ2) is 12.1. The Morgan fingerprint density at radius 3 is 2.27 bits per heavy atom. The molecule has 1 rings (SSSR count). The van der Waals surface area contributed by atoms with Gasteiger partial charge in [-0.25, -0.2) is 4.79 Å². The molecular formula is C19H31NO2. The van der Waals surface area contributed by atoms with E-state index in [1.807, 2.05) is 37.3 Å². The van der Waals surface area contributed by atoms with Crippen molar-refractivity contribution in [1.29, 1.82) is 0 Å². The SMILES string of the molecule is CCCCCCCCCC(Nc1ccccc1)C(=O)OCC. The van der Waals surface area contributed by atoms with E-state index < -0.39 is 0 Å². The van der Waals surface area contributed by atoms with Gasteiger partial charge in [0, 0.05) is 5.69 Å². The van der Waals surface area contributed by atoms with Crippen molar-refractivity contribution < 1.29 is 9.53 Å². The maximum absolute atomic E-state index is 12.1. The minimum Gasteiger partial charge on any atom is -0.464 e. The number of nitrogens with one attached hydrogen (secondary N) is 1. The van der Waals surface area contributed by atoms with Crippen LogP contribution in [-0.2, 0) is 9.53 Å². The van der Waals surface area contributed by atoms with Crippen molar-refractivity contribution in [3.05, 3.63) is 30.3 Å². The van der Waals surface area contributed by atoms with Gasteiger partial charge in [0.2, 0.25) is 0 Å². The molecule has 22 heavy (non-hydrogen) atoms. The first-order valence-corrected chi connectivity index (χ1v) is 8.76. The quantitative estimate of drug-likeness (QED) is 0.427. The Morgan fingerprint density at radius 1 is 1.00 bits per heavy atom. The molecule has 1 N–H and O–H groups in total. The predicted octanol–water partition coefficient (Wildman–Crippen LogP) is 5.17. The van der Waals surface area contributed by atoms with Crippen molar-refractivity contribution >= 4 is 11.7 Å². The van der Waals surface area contributed by atoms with E-state index in [2.05, 4.69) is 12.2 Å². The van der Waals surface area contributed by atoms with Crippen LogP contribution in [0.15, 0.2) is 30.3 Å². The smallest absolute Gasteiger partial charge is 0.328 e. The number of hydrogen-bond acceptors (Lipinski definition) is 3. The van der Waals surface area contributed by atoms with Crippen molar-refractivity contribution in [2.75, 3.05) is 11.9 Å². The molecule has 0 heterocycles. The molecule has 1 aromatic carbocycles. The third kappa shape index (κ3) is 8.06. The summed E-state index contributed by atoms with van der Waals surface area (Å²) in [7, 11) is 0. The molecule has 3 nitrogen and oxygen atoms in total. The number of esters is 1. The van der Waals surface area contributed by atoms with E-state index in [9.17, 15) is 4.79 Å². The molecule has 0 amide bonds. The summed E-state index contributed by atoms with van der Waals surface area (Å²) in [5, 5.41) is 3.30. The fraction of sp³-hybridized carbons (Fsp3) is 0.632. The summed E-state index contributed by atoms with van der Waals surface area (Å²) < 4.78 is 5.18. The van der Waals surface area contributed by atoms with Crippen LogP contribution in [0.3, 0.4) is 0 Å². The number of benzene rings is 1. The van der Waals surface area contributed by atoms with E-state index >= 15 is 0 Å². The Morgan fingerprint density at radius 2 is 1.64 bits per heavy atom. The van der Waals surface area contributed by atoms with Crippen molar-refractivity contribution in [3.63, 3.8) is 0 Å². The van der Waals surface area contributed by atoms with Crippen molar-refractivity contribution in [2.24, 2.45) is 0 Å². The molecule has 0 radical (unpaired) electrons. The predicted molar refractivity (Wildman–Crippen MR) is 93.1 cm³/mol. The van der Waals surface area contributed by atoms with Crippen LogP contribution in [0.1, 0.15) is 65.2 Å². The van der Waals surface area contributed by atoms with Crippen LogP contribution < -0.4 is 5.32 Å². The fourth-order valence-corrected chi connectivity index (χ4v) is 2.53. The molecule has 124 valence electrons. The number of rotatable bonds is 12. The monoisotopic (exact) mass is 305 g/mol. The Hall–Kier alpha value is -1.51. The topological polar surface area (TPSA) is 38.3 Å². The lowest BCUT2D eigenvalue weighted by Crippen LogP contribution is -2.31. The summed E-state index contributed by atoms with van der Waals surface area (Å²) in [5.41, 5.74) is 0.975. The van der Waals surface area contributed by atoms with E-state index in [0.29, 0.717) is 6.61 Å². The third-order valence-corrected chi connectivity index (χ3v) is 3.78. The van der Waals surface area contributed by atoms with Crippen molar-refractivity contribution in [1.82, 2.24) is 0 Å². The van der Waals surface area contributed by atoms with E-state index in [0.717, 1.165) is 18.5 Å². The van der Waals surface area contributed by atoms with E-state index in [4.69, 9.17) is 4.74 Å². The van der Waals surface area contributed by atoms with Gasteiger partial charge >= 0.3 is 5.97 Å². The van der Waals surface area contributed by atoms with Gasteiger partial charge in [-0.05, 0) is 25.5 Å². The maximum atomic E-state index is 12.1. The zero-order valence-corrected chi connectivity index (χ0v) is 14.1. The van der Waals surface area contributed by atoms with Gasteiger partial charge in [-0.3, -0.25) is 0 Å². The largest absolute Gasteiger partial charge is 0.464 e. The van der Waals surface area contributed by atoms with Gasteiger partial charge in [-0.2, -0.15) is 0 Å². The number of carbonyl (C=O) groups excluding carboxylic acids is 1. The number of ether oxygens (including phenoxy) is 1. The van der Waals surface area contributed by atoms with Crippen LogP contribution in [0.2, 0.25) is 0 Å². The van der Waals surface area contributed by atoms with Gasteiger partial charge in [0.15, 0.2) is 0 Å². The van der Waals surface area contributed by atoms with Gasteiger partial charge in [0.25, 0.3) is 0 Å². The van der Waals surface area contributed by atoms with Gasteiger partial charge in [-0.1, -0.05) is 70.1 Å². The fourth-order valence-electron chi connectivity index (χ4n) is 2.53. The zero-order valence-electron chi connectivity index (χ0n) is 14.1. The van der Waals surface area contributed by atoms with Gasteiger partial charge < -0.3 is 10.1 Å². The Kier molecular flexibility index (Phi) is 10.2. The maximum Gasteiger partial charge on any atom is 0.328 e. The second-order valence-corrected chi connectivity index (χ2v) is 5.72. The lowest BCUT2D eigenvalue weighted by molar-refractivity contribution is -0.144. The second-order valence-electron chi connectivity index (χ2n) is 5.72. The molecule has 1 unspecified atom stereocenters. The molecule has 0 aromatic heterocycles. The third-order valence-electron chi connectivity index (χ3n) is 3.78. The molecule has 1 aromatic rings. The highest BCUT2D eigenvalue weighted by atomic mass is 16.5. The summed E-state index contributed by atoms with van der Waals surface area (Å²) in [6.45, 7) is 4.52. The Labute approximate surface area is 135 Å². The zero-order chi connectivity index (χ0) is 16.0. The number of unbranched alkanes of at least 4 members (excludes halogenated alkanes) is 6. The minimum absolute atomic E-state index is 0.141. The lowest BCUT2D eigenvalue weighted by Gasteiger charge is -2.18. The molecule has 0 aliphatic carbocycles. The molecule has 0 saturated heterocycles. The molecule has 0 spiro atoms. The van der Waals surface area contributed by atoms with Crippen LogP contribution in [0, 0.1) is 0 Å². The van der Waals surface area contributed by atoms with Gasteiger partial charge in [-0.15, -0.1) is 0 Å². The van der Waals surface area contributed by atoms with Gasteiger partial charge in [0.1, 0.15) is 6.04 Å². The molecule has 0 aliphatic rings. The van der Waals surface area contributed by atoms with Crippen molar-refractivity contribution in [3.8, 4) is 0 Å². The summed E-state index contributed by atoms with van der Waals surface area (Å²) in [6, 6.07) is 9.64.